The third-order valence-electron chi connectivity index (χ3n) is 7.11. The number of nitrogens with zero attached hydrogens (tertiary/aromatic N) is 3. The number of carbonyl (C=O) groups excluding carboxylic acids is 3. The first-order chi connectivity index (χ1) is 19.3. The minimum atomic E-state index is -1.55. The molecule has 13 heteroatoms. The van der Waals surface area contributed by atoms with Gasteiger partial charge in [0.15, 0.2) is 0 Å². The Morgan fingerprint density at radius 1 is 1.15 bits per heavy atom. The fraction of sp³-hybridized carbons (Fsp3) is 0.393. The number of hydrogen-bond donors (Lipinski definition) is 3. The van der Waals surface area contributed by atoms with E-state index in [1.54, 1.807) is 7.05 Å². The van der Waals surface area contributed by atoms with Gasteiger partial charge in [0, 0.05) is 36.6 Å². The number of carbonyl (C=O) groups is 4. The van der Waals surface area contributed by atoms with Gasteiger partial charge in [-0.3, -0.25) is 14.4 Å². The standard InChI is InChI=1S/C28H31Cl2N5O6/c1-27(2,32-26(39)40)24(37)31-21(15-41-20-12-18(29)11-19(30)13-20)23(36)35-10-9-22-28(16-35,25(38)34(3)33-22)14-17-7-5-4-6-8-17/h4-8,11-13,21,32H,9-10,14-16H2,1-3H3,(H,31,37)(H,39,40). The van der Waals surface area contributed by atoms with Crippen LogP contribution in [0, 0.1) is 5.41 Å². The lowest BCUT2D eigenvalue weighted by atomic mass is 9.73. The highest BCUT2D eigenvalue weighted by molar-refractivity contribution is 6.34. The van der Waals surface area contributed by atoms with E-state index in [9.17, 15) is 19.2 Å². The molecule has 0 spiro atoms. The molecule has 4 rings (SSSR count). The maximum atomic E-state index is 14.0. The molecule has 41 heavy (non-hydrogen) atoms. The van der Waals surface area contributed by atoms with E-state index in [4.69, 9.17) is 33.0 Å². The number of piperidine rings is 1. The molecule has 2 atom stereocenters. The second-order valence-electron chi connectivity index (χ2n) is 10.6. The molecule has 2 aliphatic rings. The predicted octanol–water partition coefficient (Wildman–Crippen LogP) is 3.19. The summed E-state index contributed by atoms with van der Waals surface area (Å²) in [5.41, 5.74) is -0.977. The van der Waals surface area contributed by atoms with E-state index in [-0.39, 0.29) is 31.4 Å². The van der Waals surface area contributed by atoms with Crippen molar-refractivity contribution in [2.45, 2.75) is 38.3 Å². The first-order valence-corrected chi connectivity index (χ1v) is 13.7. The number of carboxylic acid groups (broad SMARTS) is 1. The van der Waals surface area contributed by atoms with Crippen molar-refractivity contribution in [1.82, 2.24) is 20.5 Å². The molecular weight excluding hydrogens is 573 g/mol. The van der Waals surface area contributed by atoms with Crippen LogP contribution in [0.5, 0.6) is 5.75 Å². The number of amides is 4. The zero-order valence-electron chi connectivity index (χ0n) is 22.8. The van der Waals surface area contributed by atoms with Gasteiger partial charge in [-0.15, -0.1) is 0 Å². The maximum absolute atomic E-state index is 14.0. The van der Waals surface area contributed by atoms with E-state index < -0.39 is 34.9 Å². The molecule has 0 saturated carbocycles. The molecule has 2 aromatic carbocycles. The molecule has 4 amide bonds. The van der Waals surface area contributed by atoms with Gasteiger partial charge in [-0.1, -0.05) is 53.5 Å². The Kier molecular flexibility index (Phi) is 8.79. The van der Waals surface area contributed by atoms with Crippen LogP contribution in [-0.4, -0.2) is 82.9 Å². The molecule has 1 fully saturated rings. The monoisotopic (exact) mass is 603 g/mol. The first kappa shape index (κ1) is 30.1. The molecule has 3 N–H and O–H groups in total. The molecular formula is C28H31Cl2N5O6. The van der Waals surface area contributed by atoms with Crippen LogP contribution in [0.1, 0.15) is 25.8 Å². The number of rotatable bonds is 9. The minimum absolute atomic E-state index is 0.0505. The van der Waals surface area contributed by atoms with E-state index in [1.165, 1.54) is 42.0 Å². The van der Waals surface area contributed by atoms with Crippen molar-refractivity contribution in [2.24, 2.45) is 10.5 Å². The molecule has 0 aliphatic carbocycles. The molecule has 2 aliphatic heterocycles. The number of halogens is 2. The second-order valence-corrected chi connectivity index (χ2v) is 11.5. The van der Waals surface area contributed by atoms with Crippen LogP contribution in [0.3, 0.4) is 0 Å². The molecule has 2 aromatic rings. The van der Waals surface area contributed by atoms with Crippen LogP contribution < -0.4 is 15.4 Å². The van der Waals surface area contributed by atoms with E-state index in [2.05, 4.69) is 15.7 Å². The van der Waals surface area contributed by atoms with Crippen LogP contribution in [0.2, 0.25) is 10.0 Å². The Balaban J connectivity index is 1.61. The van der Waals surface area contributed by atoms with Gasteiger partial charge in [-0.2, -0.15) is 5.10 Å². The molecule has 0 radical (unpaired) electrons. The van der Waals surface area contributed by atoms with Crippen LogP contribution in [0.25, 0.3) is 0 Å². The summed E-state index contributed by atoms with van der Waals surface area (Å²) in [5.74, 6) is -1.17. The van der Waals surface area contributed by atoms with Gasteiger partial charge >= 0.3 is 6.09 Å². The summed E-state index contributed by atoms with van der Waals surface area (Å²) in [6.07, 6.45) is -0.678. The van der Waals surface area contributed by atoms with Crippen molar-refractivity contribution in [3.63, 3.8) is 0 Å². The summed E-state index contributed by atoms with van der Waals surface area (Å²) in [4.78, 5) is 53.4. The van der Waals surface area contributed by atoms with Gasteiger partial charge in [-0.05, 0) is 44.0 Å². The van der Waals surface area contributed by atoms with Gasteiger partial charge in [0.05, 0.1) is 5.71 Å². The Hall–Kier alpha value is -3.83. The molecule has 218 valence electrons. The smallest absolute Gasteiger partial charge is 0.405 e. The summed E-state index contributed by atoms with van der Waals surface area (Å²) in [5, 5.41) is 20.4. The quantitative estimate of drug-likeness (QED) is 0.402. The average molecular weight is 604 g/mol. The number of nitrogens with one attached hydrogen (secondary N) is 2. The Labute approximate surface area is 247 Å². The third kappa shape index (κ3) is 6.74. The summed E-state index contributed by atoms with van der Waals surface area (Å²) in [7, 11) is 1.59. The van der Waals surface area contributed by atoms with Crippen molar-refractivity contribution < 1.29 is 29.0 Å². The van der Waals surface area contributed by atoms with E-state index in [0.717, 1.165) is 5.56 Å². The summed E-state index contributed by atoms with van der Waals surface area (Å²) >= 11 is 12.2. The van der Waals surface area contributed by atoms with Gasteiger partial charge in [0.2, 0.25) is 11.8 Å². The highest BCUT2D eigenvalue weighted by atomic mass is 35.5. The van der Waals surface area contributed by atoms with Gasteiger partial charge < -0.3 is 25.4 Å². The fourth-order valence-corrected chi connectivity index (χ4v) is 5.57. The van der Waals surface area contributed by atoms with Gasteiger partial charge in [0.1, 0.15) is 29.4 Å². The van der Waals surface area contributed by atoms with E-state index >= 15 is 0 Å². The Bertz CT molecular complexity index is 1370. The number of hydrogen-bond acceptors (Lipinski definition) is 6. The lowest BCUT2D eigenvalue weighted by Gasteiger charge is -2.40. The van der Waals surface area contributed by atoms with Crippen LogP contribution in [0.15, 0.2) is 53.6 Å². The number of likely N-dealkylation sites (tertiary alicyclic amines) is 1. The fourth-order valence-electron chi connectivity index (χ4n) is 5.06. The Morgan fingerprint density at radius 2 is 1.80 bits per heavy atom. The molecule has 2 unspecified atom stereocenters. The van der Waals surface area contributed by atoms with Gasteiger partial charge in [0.25, 0.3) is 5.91 Å². The minimum Gasteiger partial charge on any atom is -0.491 e. The number of ether oxygens (including phenoxy) is 1. The predicted molar refractivity (Wildman–Crippen MR) is 153 cm³/mol. The zero-order chi connectivity index (χ0) is 29.9. The van der Waals surface area contributed by atoms with Crippen molar-refractivity contribution in [2.75, 3.05) is 26.7 Å². The van der Waals surface area contributed by atoms with Gasteiger partial charge in [-0.25, -0.2) is 9.80 Å². The maximum Gasteiger partial charge on any atom is 0.405 e. The number of hydrazone groups is 1. The normalized spacial score (nSPS) is 19.2. The summed E-state index contributed by atoms with van der Waals surface area (Å²) < 4.78 is 5.82. The van der Waals surface area contributed by atoms with Crippen molar-refractivity contribution in [3.8, 4) is 5.75 Å². The average Bonchev–Trinajstić information content (AvgIpc) is 3.14. The lowest BCUT2D eigenvalue weighted by Crippen LogP contribution is -2.62. The van der Waals surface area contributed by atoms with Crippen LogP contribution in [0.4, 0.5) is 4.79 Å². The highest BCUT2D eigenvalue weighted by Crippen LogP contribution is 2.38. The second kappa shape index (κ2) is 12.0. The topological polar surface area (TPSA) is 141 Å². The zero-order valence-corrected chi connectivity index (χ0v) is 24.3. The summed E-state index contributed by atoms with van der Waals surface area (Å²) in [6, 6.07) is 12.8. The number of fused-ring (bicyclic) bond motifs is 1. The van der Waals surface area contributed by atoms with Crippen molar-refractivity contribution in [1.29, 1.82) is 0 Å². The van der Waals surface area contributed by atoms with Crippen LogP contribution >= 0.6 is 23.2 Å². The molecule has 2 heterocycles. The van der Waals surface area contributed by atoms with E-state index in [1.807, 2.05) is 30.3 Å². The van der Waals surface area contributed by atoms with Crippen molar-refractivity contribution in [3.05, 3.63) is 64.1 Å². The molecule has 1 saturated heterocycles. The largest absolute Gasteiger partial charge is 0.491 e. The lowest BCUT2D eigenvalue weighted by molar-refractivity contribution is -0.143. The molecule has 11 nitrogen and oxygen atoms in total. The molecule has 0 bridgehead atoms. The number of benzene rings is 2. The third-order valence-corrected chi connectivity index (χ3v) is 7.55. The first-order valence-electron chi connectivity index (χ1n) is 12.9. The Morgan fingerprint density at radius 3 is 2.44 bits per heavy atom. The SMILES string of the molecule is CN1N=C2CCN(C(=O)C(COc3cc(Cl)cc(Cl)c3)NC(=O)C(C)(C)NC(=O)O)CC2(Cc2ccccc2)C1=O. The summed E-state index contributed by atoms with van der Waals surface area (Å²) in [6.45, 7) is 2.76. The van der Waals surface area contributed by atoms with Crippen molar-refractivity contribution >= 4 is 52.7 Å². The van der Waals surface area contributed by atoms with Crippen LogP contribution in [-0.2, 0) is 20.8 Å². The molecule has 0 aromatic heterocycles. The van der Waals surface area contributed by atoms with E-state index in [0.29, 0.717) is 28.6 Å². The highest BCUT2D eigenvalue weighted by Gasteiger charge is 2.54.